The molecule has 4 rings (SSSR count). The summed E-state index contributed by atoms with van der Waals surface area (Å²) in [7, 11) is 1.55. The SMILES string of the molecule is CCc1ccc([C@H]2/C(=C(\O)c3ccc(OCc4cccc(C)c4)cc3)C(=O)C(=O)N2CCOC)cc1. The number of nitrogens with zero attached hydrogens (tertiary/aromatic N) is 1. The first kappa shape index (κ1) is 25.2. The number of amides is 1. The van der Waals surface area contributed by atoms with E-state index in [1.54, 1.807) is 31.4 Å². The summed E-state index contributed by atoms with van der Waals surface area (Å²) < 4.78 is 11.0. The predicted octanol–water partition coefficient (Wildman–Crippen LogP) is 5.20. The molecule has 186 valence electrons. The monoisotopic (exact) mass is 485 g/mol. The summed E-state index contributed by atoms with van der Waals surface area (Å²) in [5, 5.41) is 11.2. The Hall–Kier alpha value is -3.90. The fourth-order valence-electron chi connectivity index (χ4n) is 4.42. The number of aryl methyl sites for hydroxylation is 2. The van der Waals surface area contributed by atoms with Crippen LogP contribution in [0.4, 0.5) is 0 Å². The molecule has 1 N–H and O–H groups in total. The number of hydrogen-bond acceptors (Lipinski definition) is 5. The maximum absolute atomic E-state index is 13.1. The van der Waals surface area contributed by atoms with Crippen LogP contribution in [0.25, 0.3) is 5.76 Å². The van der Waals surface area contributed by atoms with Crippen LogP contribution in [0.1, 0.15) is 40.8 Å². The number of ether oxygens (including phenoxy) is 2. The van der Waals surface area contributed by atoms with Gasteiger partial charge in [-0.1, -0.05) is 61.0 Å². The number of ketones is 1. The Balaban J connectivity index is 1.64. The van der Waals surface area contributed by atoms with E-state index in [2.05, 4.69) is 13.0 Å². The smallest absolute Gasteiger partial charge is 0.295 e. The summed E-state index contributed by atoms with van der Waals surface area (Å²) >= 11 is 0. The fraction of sp³-hybridized carbons (Fsp3) is 0.267. The van der Waals surface area contributed by atoms with E-state index in [0.717, 1.165) is 28.7 Å². The van der Waals surface area contributed by atoms with Crippen molar-refractivity contribution in [2.24, 2.45) is 0 Å². The Morgan fingerprint density at radius 3 is 2.33 bits per heavy atom. The van der Waals surface area contributed by atoms with Crippen molar-refractivity contribution in [3.63, 3.8) is 0 Å². The second-order valence-corrected chi connectivity index (χ2v) is 8.88. The van der Waals surface area contributed by atoms with Gasteiger partial charge >= 0.3 is 0 Å². The number of methoxy groups -OCH3 is 1. The Morgan fingerprint density at radius 2 is 1.69 bits per heavy atom. The molecule has 1 heterocycles. The normalized spacial score (nSPS) is 17.0. The summed E-state index contributed by atoms with van der Waals surface area (Å²) in [5.41, 5.74) is 4.66. The van der Waals surface area contributed by atoms with E-state index in [1.807, 2.05) is 49.4 Å². The number of likely N-dealkylation sites (tertiary alicyclic amines) is 1. The zero-order chi connectivity index (χ0) is 25.7. The van der Waals surface area contributed by atoms with Crippen LogP contribution in [0.3, 0.4) is 0 Å². The van der Waals surface area contributed by atoms with Gasteiger partial charge in [0.05, 0.1) is 18.2 Å². The molecule has 6 nitrogen and oxygen atoms in total. The zero-order valence-corrected chi connectivity index (χ0v) is 20.9. The van der Waals surface area contributed by atoms with E-state index in [-0.39, 0.29) is 24.5 Å². The molecule has 0 radical (unpaired) electrons. The van der Waals surface area contributed by atoms with Gasteiger partial charge in [0.25, 0.3) is 11.7 Å². The second kappa shape index (κ2) is 11.2. The number of hydrogen-bond donors (Lipinski definition) is 1. The number of aliphatic hydroxyl groups is 1. The molecule has 3 aromatic carbocycles. The molecular formula is C30H31NO5. The van der Waals surface area contributed by atoms with Crippen LogP contribution in [-0.4, -0.2) is 42.0 Å². The third kappa shape index (κ3) is 5.34. The van der Waals surface area contributed by atoms with Gasteiger partial charge in [-0.3, -0.25) is 9.59 Å². The van der Waals surface area contributed by atoms with Crippen molar-refractivity contribution in [3.05, 3.63) is 106 Å². The summed E-state index contributed by atoms with van der Waals surface area (Å²) in [6.45, 7) is 5.04. The van der Waals surface area contributed by atoms with Crippen LogP contribution < -0.4 is 4.74 Å². The molecule has 0 unspecified atom stereocenters. The molecule has 1 aliphatic rings. The first-order valence-electron chi connectivity index (χ1n) is 12.1. The minimum Gasteiger partial charge on any atom is -0.507 e. The van der Waals surface area contributed by atoms with E-state index in [0.29, 0.717) is 17.9 Å². The Morgan fingerprint density at radius 1 is 0.972 bits per heavy atom. The zero-order valence-electron chi connectivity index (χ0n) is 20.9. The largest absolute Gasteiger partial charge is 0.507 e. The van der Waals surface area contributed by atoms with Crippen molar-refractivity contribution in [2.75, 3.05) is 20.3 Å². The van der Waals surface area contributed by atoms with E-state index in [9.17, 15) is 14.7 Å². The van der Waals surface area contributed by atoms with E-state index in [1.165, 1.54) is 4.90 Å². The van der Waals surface area contributed by atoms with Gasteiger partial charge in [0.1, 0.15) is 18.1 Å². The van der Waals surface area contributed by atoms with Gasteiger partial charge in [0.15, 0.2) is 0 Å². The van der Waals surface area contributed by atoms with Crippen LogP contribution in [0.15, 0.2) is 78.4 Å². The molecule has 1 aliphatic heterocycles. The molecular weight excluding hydrogens is 454 g/mol. The second-order valence-electron chi connectivity index (χ2n) is 8.88. The molecule has 1 fully saturated rings. The number of aliphatic hydroxyl groups excluding tert-OH is 1. The first-order chi connectivity index (χ1) is 17.4. The standard InChI is InChI=1S/C30H31NO5/c1-4-21-8-10-23(11-9-21)27-26(29(33)30(34)31(27)16-17-35-3)28(32)24-12-14-25(15-13-24)36-19-22-7-5-6-20(2)18-22/h5-15,18,27,32H,4,16-17,19H2,1-3H3/b28-26+/t27-/m0/s1. The van der Waals surface area contributed by atoms with E-state index >= 15 is 0 Å². The van der Waals surface area contributed by atoms with Gasteiger partial charge < -0.3 is 19.5 Å². The van der Waals surface area contributed by atoms with Crippen molar-refractivity contribution >= 4 is 17.4 Å². The van der Waals surface area contributed by atoms with Crippen molar-refractivity contribution in [3.8, 4) is 5.75 Å². The molecule has 0 spiro atoms. The third-order valence-electron chi connectivity index (χ3n) is 6.40. The molecule has 0 bridgehead atoms. The summed E-state index contributed by atoms with van der Waals surface area (Å²) in [4.78, 5) is 27.5. The third-order valence-corrected chi connectivity index (χ3v) is 6.40. The maximum Gasteiger partial charge on any atom is 0.295 e. The molecule has 36 heavy (non-hydrogen) atoms. The average molecular weight is 486 g/mol. The van der Waals surface area contributed by atoms with Gasteiger partial charge in [-0.05, 0) is 54.3 Å². The highest BCUT2D eigenvalue weighted by Crippen LogP contribution is 2.39. The minimum atomic E-state index is -0.701. The van der Waals surface area contributed by atoms with Crippen molar-refractivity contribution in [1.29, 1.82) is 0 Å². The van der Waals surface area contributed by atoms with Crippen molar-refractivity contribution in [2.45, 2.75) is 32.9 Å². The molecule has 0 aromatic heterocycles. The van der Waals surface area contributed by atoms with Gasteiger partial charge in [0, 0.05) is 19.2 Å². The van der Waals surface area contributed by atoms with Crippen molar-refractivity contribution < 1.29 is 24.2 Å². The summed E-state index contributed by atoms with van der Waals surface area (Å²) in [6.07, 6.45) is 0.877. The highest BCUT2D eigenvalue weighted by atomic mass is 16.5. The lowest BCUT2D eigenvalue weighted by Crippen LogP contribution is -2.32. The van der Waals surface area contributed by atoms with Crippen molar-refractivity contribution in [1.82, 2.24) is 4.90 Å². The lowest BCUT2D eigenvalue weighted by atomic mass is 9.94. The fourth-order valence-corrected chi connectivity index (χ4v) is 4.42. The molecule has 1 atom stereocenters. The minimum absolute atomic E-state index is 0.0776. The highest BCUT2D eigenvalue weighted by molar-refractivity contribution is 6.46. The Labute approximate surface area is 211 Å². The number of Topliss-reactive ketones (excluding diaryl/α,β-unsaturated/α-hetero) is 1. The van der Waals surface area contributed by atoms with Crippen LogP contribution in [0.5, 0.6) is 5.75 Å². The van der Waals surface area contributed by atoms with Gasteiger partial charge in [-0.15, -0.1) is 0 Å². The molecule has 0 aliphatic carbocycles. The lowest BCUT2D eigenvalue weighted by Gasteiger charge is -2.25. The highest BCUT2D eigenvalue weighted by Gasteiger charge is 2.45. The summed E-state index contributed by atoms with van der Waals surface area (Å²) in [5.74, 6) is -0.910. The van der Waals surface area contributed by atoms with Crippen LogP contribution in [0, 0.1) is 6.92 Å². The van der Waals surface area contributed by atoms with Gasteiger partial charge in [-0.2, -0.15) is 0 Å². The maximum atomic E-state index is 13.1. The van der Waals surface area contributed by atoms with E-state index < -0.39 is 17.7 Å². The average Bonchev–Trinajstić information content (AvgIpc) is 3.15. The van der Waals surface area contributed by atoms with Crippen LogP contribution in [0.2, 0.25) is 0 Å². The number of rotatable bonds is 9. The molecule has 1 saturated heterocycles. The number of carbonyl (C=O) groups excluding carboxylic acids is 2. The summed E-state index contributed by atoms with van der Waals surface area (Å²) in [6, 6.07) is 22.1. The van der Waals surface area contributed by atoms with Gasteiger partial charge in [0.2, 0.25) is 0 Å². The lowest BCUT2D eigenvalue weighted by molar-refractivity contribution is -0.140. The predicted molar refractivity (Wildman–Crippen MR) is 139 cm³/mol. The number of benzene rings is 3. The Kier molecular flexibility index (Phi) is 7.86. The van der Waals surface area contributed by atoms with Crippen LogP contribution in [-0.2, 0) is 27.4 Å². The van der Waals surface area contributed by atoms with E-state index in [4.69, 9.17) is 9.47 Å². The number of carbonyl (C=O) groups is 2. The van der Waals surface area contributed by atoms with Crippen LogP contribution >= 0.6 is 0 Å². The quantitative estimate of drug-likeness (QED) is 0.256. The van der Waals surface area contributed by atoms with Gasteiger partial charge in [-0.25, -0.2) is 0 Å². The molecule has 6 heteroatoms. The first-order valence-corrected chi connectivity index (χ1v) is 12.1. The molecule has 1 amide bonds. The topological polar surface area (TPSA) is 76.1 Å². The molecule has 0 saturated carbocycles. The Bertz CT molecular complexity index is 1260. The molecule has 3 aromatic rings.